The van der Waals surface area contributed by atoms with Gasteiger partial charge in [-0.05, 0) is 17.9 Å². The van der Waals surface area contributed by atoms with Crippen LogP contribution in [-0.4, -0.2) is 23.8 Å². The van der Waals surface area contributed by atoms with Crippen molar-refractivity contribution in [3.63, 3.8) is 0 Å². The Kier molecular flexibility index (Phi) is 1.74. The van der Waals surface area contributed by atoms with Gasteiger partial charge in [-0.3, -0.25) is 0 Å². The predicted molar refractivity (Wildman–Crippen MR) is 46.9 cm³/mol. The first-order valence-electron chi connectivity index (χ1n) is 4.57. The number of cyclic esters (lactones) is 1. The normalized spacial score (nSPS) is 36.5. The van der Waals surface area contributed by atoms with Crippen LogP contribution in [0.3, 0.4) is 0 Å². The predicted octanol–water partition coefficient (Wildman–Crippen LogP) is 0.877. The van der Waals surface area contributed by atoms with Gasteiger partial charge >= 0.3 is 5.97 Å². The molecule has 1 saturated carbocycles. The van der Waals surface area contributed by atoms with E-state index in [0.717, 1.165) is 6.42 Å². The molecule has 1 fully saturated rings. The summed E-state index contributed by atoms with van der Waals surface area (Å²) < 4.78 is 4.80. The average molecular weight is 182 g/mol. The molecule has 0 radical (unpaired) electrons. The monoisotopic (exact) mass is 182 g/mol. The Labute approximate surface area is 77.4 Å². The van der Waals surface area contributed by atoms with Gasteiger partial charge in [-0.15, -0.1) is 0 Å². The maximum atomic E-state index is 11.2. The smallest absolute Gasteiger partial charge is 0.334 e. The number of rotatable bonds is 1. The Hall–Kier alpha value is -0.830. The Balaban J connectivity index is 2.10. The number of aliphatic hydroxyl groups excluding tert-OH is 1. The summed E-state index contributed by atoms with van der Waals surface area (Å²) in [4.78, 5) is 11.2. The van der Waals surface area contributed by atoms with Crippen molar-refractivity contribution in [3.8, 4) is 0 Å². The lowest BCUT2D eigenvalue weighted by Gasteiger charge is -2.48. The Bertz CT molecular complexity index is 278. The fourth-order valence-corrected chi connectivity index (χ4v) is 2.14. The van der Waals surface area contributed by atoms with E-state index < -0.39 is 6.10 Å². The van der Waals surface area contributed by atoms with Crippen LogP contribution in [0.4, 0.5) is 0 Å². The number of hydrogen-bond donors (Lipinski definition) is 1. The summed E-state index contributed by atoms with van der Waals surface area (Å²) in [6, 6.07) is 0. The summed E-state index contributed by atoms with van der Waals surface area (Å²) in [5.41, 5.74) is 0.626. The third kappa shape index (κ3) is 1.18. The SMILES string of the molecule is CC1(C)CC(C2=CCOC2=O)C1O. The van der Waals surface area contributed by atoms with Crippen LogP contribution in [-0.2, 0) is 9.53 Å². The number of carbonyl (C=O) groups is 1. The molecule has 1 aliphatic heterocycles. The summed E-state index contributed by atoms with van der Waals surface area (Å²) >= 11 is 0. The van der Waals surface area contributed by atoms with Crippen molar-refractivity contribution >= 4 is 5.97 Å². The lowest BCUT2D eigenvalue weighted by atomic mass is 9.59. The van der Waals surface area contributed by atoms with E-state index in [-0.39, 0.29) is 17.3 Å². The lowest BCUT2D eigenvalue weighted by molar-refractivity contribution is -0.140. The van der Waals surface area contributed by atoms with Gasteiger partial charge in [-0.25, -0.2) is 4.79 Å². The van der Waals surface area contributed by atoms with E-state index in [9.17, 15) is 9.90 Å². The quantitative estimate of drug-likeness (QED) is 0.612. The molecule has 2 rings (SSSR count). The highest BCUT2D eigenvalue weighted by molar-refractivity contribution is 5.91. The number of hydrogen-bond acceptors (Lipinski definition) is 3. The molecular weight excluding hydrogens is 168 g/mol. The molecule has 1 heterocycles. The summed E-state index contributed by atoms with van der Waals surface area (Å²) in [5.74, 6) is -0.246. The lowest BCUT2D eigenvalue weighted by Crippen LogP contribution is -2.50. The van der Waals surface area contributed by atoms with E-state index in [0.29, 0.717) is 12.2 Å². The van der Waals surface area contributed by atoms with Crippen LogP contribution < -0.4 is 0 Å². The highest BCUT2D eigenvalue weighted by atomic mass is 16.5. The second kappa shape index (κ2) is 2.58. The molecule has 0 bridgehead atoms. The fraction of sp³-hybridized carbons (Fsp3) is 0.700. The minimum Gasteiger partial charge on any atom is -0.458 e. The second-order valence-corrected chi connectivity index (χ2v) is 4.50. The Morgan fingerprint density at radius 3 is 2.69 bits per heavy atom. The molecule has 3 nitrogen and oxygen atoms in total. The van der Waals surface area contributed by atoms with Crippen molar-refractivity contribution in [2.45, 2.75) is 26.4 Å². The molecule has 72 valence electrons. The van der Waals surface area contributed by atoms with Gasteiger partial charge in [0.1, 0.15) is 6.61 Å². The molecule has 0 saturated heterocycles. The zero-order valence-corrected chi connectivity index (χ0v) is 7.91. The molecule has 2 atom stereocenters. The number of ether oxygens (including phenoxy) is 1. The molecule has 0 spiro atoms. The third-order valence-electron chi connectivity index (χ3n) is 3.08. The fourth-order valence-electron chi connectivity index (χ4n) is 2.14. The van der Waals surface area contributed by atoms with Crippen LogP contribution in [0.15, 0.2) is 11.6 Å². The maximum absolute atomic E-state index is 11.2. The Morgan fingerprint density at radius 2 is 2.31 bits per heavy atom. The van der Waals surface area contributed by atoms with Crippen molar-refractivity contribution in [1.82, 2.24) is 0 Å². The molecule has 0 amide bonds. The van der Waals surface area contributed by atoms with Gasteiger partial charge in [0, 0.05) is 11.5 Å². The van der Waals surface area contributed by atoms with Gasteiger partial charge in [0.15, 0.2) is 0 Å². The summed E-state index contributed by atoms with van der Waals surface area (Å²) in [5, 5.41) is 9.77. The Morgan fingerprint density at radius 1 is 1.62 bits per heavy atom. The molecule has 0 aromatic rings. The molecule has 0 aromatic heterocycles. The summed E-state index contributed by atoms with van der Waals surface area (Å²) in [7, 11) is 0. The molecule has 2 unspecified atom stereocenters. The van der Waals surface area contributed by atoms with Crippen molar-refractivity contribution in [1.29, 1.82) is 0 Å². The minimum atomic E-state index is -0.399. The van der Waals surface area contributed by atoms with Crippen LogP contribution >= 0.6 is 0 Å². The zero-order chi connectivity index (χ0) is 9.64. The molecule has 1 N–H and O–H groups in total. The molecule has 1 aliphatic carbocycles. The van der Waals surface area contributed by atoms with E-state index in [1.54, 1.807) is 6.08 Å². The van der Waals surface area contributed by atoms with E-state index in [1.165, 1.54) is 0 Å². The van der Waals surface area contributed by atoms with Gasteiger partial charge in [0.25, 0.3) is 0 Å². The van der Waals surface area contributed by atoms with Crippen molar-refractivity contribution < 1.29 is 14.6 Å². The van der Waals surface area contributed by atoms with Gasteiger partial charge in [-0.1, -0.05) is 13.8 Å². The van der Waals surface area contributed by atoms with Gasteiger partial charge < -0.3 is 9.84 Å². The topological polar surface area (TPSA) is 46.5 Å². The first kappa shape index (κ1) is 8.75. The molecule has 13 heavy (non-hydrogen) atoms. The minimum absolute atomic E-state index is 0.00463. The van der Waals surface area contributed by atoms with E-state index in [4.69, 9.17) is 4.74 Å². The number of esters is 1. The van der Waals surface area contributed by atoms with E-state index in [1.807, 2.05) is 13.8 Å². The third-order valence-corrected chi connectivity index (χ3v) is 3.08. The van der Waals surface area contributed by atoms with Crippen LogP contribution in [0.2, 0.25) is 0 Å². The molecular formula is C10H14O3. The van der Waals surface area contributed by atoms with Crippen LogP contribution in [0, 0.1) is 11.3 Å². The van der Waals surface area contributed by atoms with Gasteiger partial charge in [-0.2, -0.15) is 0 Å². The van der Waals surface area contributed by atoms with Gasteiger partial charge in [0.2, 0.25) is 0 Å². The molecule has 3 heteroatoms. The number of aliphatic hydroxyl groups is 1. The summed E-state index contributed by atoms with van der Waals surface area (Å²) in [6.45, 7) is 4.39. The van der Waals surface area contributed by atoms with Crippen molar-refractivity contribution in [2.24, 2.45) is 11.3 Å². The van der Waals surface area contributed by atoms with E-state index >= 15 is 0 Å². The average Bonchev–Trinajstić information content (AvgIpc) is 2.47. The van der Waals surface area contributed by atoms with E-state index in [2.05, 4.69) is 0 Å². The first-order valence-corrected chi connectivity index (χ1v) is 4.57. The zero-order valence-electron chi connectivity index (χ0n) is 7.91. The highest BCUT2D eigenvalue weighted by Crippen LogP contribution is 2.49. The van der Waals surface area contributed by atoms with Gasteiger partial charge in [0.05, 0.1) is 6.10 Å². The van der Waals surface area contributed by atoms with Crippen molar-refractivity contribution in [3.05, 3.63) is 11.6 Å². The van der Waals surface area contributed by atoms with Crippen LogP contribution in [0.5, 0.6) is 0 Å². The van der Waals surface area contributed by atoms with Crippen LogP contribution in [0.25, 0.3) is 0 Å². The molecule has 0 aromatic carbocycles. The van der Waals surface area contributed by atoms with Crippen molar-refractivity contribution in [2.75, 3.05) is 6.61 Å². The maximum Gasteiger partial charge on any atom is 0.334 e. The standard InChI is InChI=1S/C10H14O3/c1-10(2)5-7(8(10)11)6-3-4-13-9(6)12/h3,7-8,11H,4-5H2,1-2H3. The highest BCUT2D eigenvalue weighted by Gasteiger charge is 2.50. The molecule has 2 aliphatic rings. The first-order chi connectivity index (χ1) is 6.02. The summed E-state index contributed by atoms with van der Waals surface area (Å²) in [6.07, 6.45) is 2.25. The largest absolute Gasteiger partial charge is 0.458 e. The number of carbonyl (C=O) groups excluding carboxylic acids is 1. The van der Waals surface area contributed by atoms with Crippen LogP contribution in [0.1, 0.15) is 20.3 Å². The second-order valence-electron chi connectivity index (χ2n) is 4.50.